The summed E-state index contributed by atoms with van der Waals surface area (Å²) in [6.45, 7) is 3.51. The van der Waals surface area contributed by atoms with E-state index in [1.807, 2.05) is 5.51 Å². The molecule has 1 aliphatic heterocycles. The van der Waals surface area contributed by atoms with Crippen LogP contribution in [0.4, 0.5) is 8.78 Å². The van der Waals surface area contributed by atoms with Crippen LogP contribution in [0.15, 0.2) is 41.9 Å². The molecular weight excluding hydrogens is 378 g/mol. The van der Waals surface area contributed by atoms with E-state index >= 15 is 0 Å². The summed E-state index contributed by atoms with van der Waals surface area (Å²) in [5.74, 6) is -0.883. The van der Waals surface area contributed by atoms with E-state index in [0.29, 0.717) is 23.7 Å². The minimum Gasteiger partial charge on any atom is -0.493 e. The molecular formula is C22H22F2N2OS. The summed E-state index contributed by atoms with van der Waals surface area (Å²) in [6, 6.07) is 10.3. The number of fused-ring (bicyclic) bond motifs is 1. The molecule has 3 nitrogen and oxygen atoms in total. The first kappa shape index (κ1) is 18.0. The van der Waals surface area contributed by atoms with Gasteiger partial charge in [-0.2, -0.15) is 0 Å². The molecule has 2 heterocycles. The molecule has 1 saturated heterocycles. The molecule has 0 amide bonds. The van der Waals surface area contributed by atoms with Gasteiger partial charge in [0.15, 0.2) is 11.6 Å². The van der Waals surface area contributed by atoms with Crippen molar-refractivity contribution in [2.75, 3.05) is 19.7 Å². The van der Waals surface area contributed by atoms with Gasteiger partial charge >= 0.3 is 0 Å². The van der Waals surface area contributed by atoms with Gasteiger partial charge in [0.05, 0.1) is 22.3 Å². The Hall–Kier alpha value is -2.05. The van der Waals surface area contributed by atoms with Crippen molar-refractivity contribution < 1.29 is 13.5 Å². The smallest absolute Gasteiger partial charge is 0.162 e. The lowest BCUT2D eigenvalue weighted by Gasteiger charge is -2.42. The molecule has 2 aliphatic rings. The van der Waals surface area contributed by atoms with E-state index in [-0.39, 0.29) is 0 Å². The first-order valence-electron chi connectivity index (χ1n) is 9.74. The zero-order chi connectivity index (χ0) is 19.1. The summed E-state index contributed by atoms with van der Waals surface area (Å²) in [5, 5.41) is 0. The molecule has 3 aromatic rings. The van der Waals surface area contributed by atoms with Crippen LogP contribution in [0.25, 0.3) is 10.2 Å². The van der Waals surface area contributed by atoms with E-state index in [0.717, 1.165) is 37.3 Å². The van der Waals surface area contributed by atoms with Gasteiger partial charge in [-0.1, -0.05) is 12.5 Å². The van der Waals surface area contributed by atoms with E-state index < -0.39 is 11.6 Å². The minimum atomic E-state index is -0.860. The van der Waals surface area contributed by atoms with Gasteiger partial charge in [-0.05, 0) is 48.1 Å². The zero-order valence-electron chi connectivity index (χ0n) is 15.5. The zero-order valence-corrected chi connectivity index (χ0v) is 16.4. The van der Waals surface area contributed by atoms with Crippen molar-refractivity contribution in [1.29, 1.82) is 0 Å². The van der Waals surface area contributed by atoms with Crippen LogP contribution in [0.5, 0.6) is 5.75 Å². The Bertz CT molecular complexity index is 1000. The number of halogens is 2. The maximum absolute atomic E-state index is 13.4. The molecule has 1 unspecified atom stereocenters. The van der Waals surface area contributed by atoms with Crippen LogP contribution >= 0.6 is 11.3 Å². The normalized spacial score (nSPS) is 21.3. The van der Waals surface area contributed by atoms with Crippen LogP contribution in [0.2, 0.25) is 0 Å². The van der Waals surface area contributed by atoms with Crippen LogP contribution in [-0.2, 0) is 6.54 Å². The number of hydrogen-bond donors (Lipinski definition) is 0. The van der Waals surface area contributed by atoms with Crippen LogP contribution in [0.3, 0.4) is 0 Å². The lowest BCUT2D eigenvalue weighted by Crippen LogP contribution is -2.39. The summed E-state index contributed by atoms with van der Waals surface area (Å²) in [5.41, 5.74) is 4.55. The van der Waals surface area contributed by atoms with Crippen molar-refractivity contribution in [3.8, 4) is 5.75 Å². The second-order valence-corrected chi connectivity index (χ2v) is 9.01. The number of benzene rings is 2. The van der Waals surface area contributed by atoms with Gasteiger partial charge in [0, 0.05) is 31.6 Å². The molecule has 6 heteroatoms. The second kappa shape index (κ2) is 7.08. The van der Waals surface area contributed by atoms with Gasteiger partial charge in [0.1, 0.15) is 5.75 Å². The molecule has 1 spiro atoms. The van der Waals surface area contributed by atoms with Gasteiger partial charge in [0.25, 0.3) is 0 Å². The van der Waals surface area contributed by atoms with Gasteiger partial charge in [-0.25, -0.2) is 13.8 Å². The van der Waals surface area contributed by atoms with Crippen molar-refractivity contribution in [2.45, 2.75) is 25.8 Å². The van der Waals surface area contributed by atoms with E-state index in [4.69, 9.17) is 4.74 Å². The first-order chi connectivity index (χ1) is 13.6. The van der Waals surface area contributed by atoms with Gasteiger partial charge < -0.3 is 4.74 Å². The Morgan fingerprint density at radius 2 is 2.04 bits per heavy atom. The van der Waals surface area contributed by atoms with Crippen LogP contribution in [0.1, 0.15) is 24.8 Å². The standard InChI is InChI=1S/C22H22F2N2OS/c23-18-4-3-17(9-19(18)24)27-12-16-11-26(13-22(16)6-1-7-22)10-15-2-5-21-20(8-15)25-14-28-21/h2-5,8-9,14,16H,1,6-7,10-13H2. The molecule has 146 valence electrons. The lowest BCUT2D eigenvalue weighted by molar-refractivity contribution is 0.0607. The molecule has 0 radical (unpaired) electrons. The summed E-state index contributed by atoms with van der Waals surface area (Å²) in [4.78, 5) is 6.93. The highest BCUT2D eigenvalue weighted by atomic mass is 32.1. The average Bonchev–Trinajstić information content (AvgIpc) is 3.26. The minimum absolute atomic E-state index is 0.309. The Labute approximate surface area is 167 Å². The molecule has 0 bridgehead atoms. The number of aromatic nitrogens is 1. The quantitative estimate of drug-likeness (QED) is 0.584. The fraction of sp³-hybridized carbons (Fsp3) is 0.409. The first-order valence-corrected chi connectivity index (χ1v) is 10.6. The van der Waals surface area contributed by atoms with Crippen LogP contribution < -0.4 is 4.74 Å². The SMILES string of the molecule is Fc1ccc(OCC2CN(Cc3ccc4scnc4c3)CC23CCC3)cc1F. The molecule has 1 saturated carbocycles. The Balaban J connectivity index is 1.26. The summed E-state index contributed by atoms with van der Waals surface area (Å²) in [6.07, 6.45) is 3.71. The lowest BCUT2D eigenvalue weighted by atomic mass is 9.63. The maximum Gasteiger partial charge on any atom is 0.162 e. The van der Waals surface area contributed by atoms with Gasteiger partial charge in [0.2, 0.25) is 0 Å². The second-order valence-electron chi connectivity index (χ2n) is 8.12. The molecule has 0 N–H and O–H groups in total. The fourth-order valence-corrected chi connectivity index (χ4v) is 5.37. The van der Waals surface area contributed by atoms with E-state index in [1.165, 1.54) is 35.6 Å². The molecule has 1 atom stereocenters. The van der Waals surface area contributed by atoms with Crippen molar-refractivity contribution in [3.05, 3.63) is 59.1 Å². The largest absolute Gasteiger partial charge is 0.493 e. The average molecular weight is 400 g/mol. The topological polar surface area (TPSA) is 25.4 Å². The Morgan fingerprint density at radius 3 is 2.82 bits per heavy atom. The predicted molar refractivity (Wildman–Crippen MR) is 107 cm³/mol. The van der Waals surface area contributed by atoms with E-state index in [9.17, 15) is 8.78 Å². The highest BCUT2D eigenvalue weighted by Gasteiger charge is 2.50. The summed E-state index contributed by atoms with van der Waals surface area (Å²) >= 11 is 1.67. The number of ether oxygens (including phenoxy) is 1. The van der Waals surface area contributed by atoms with Crippen LogP contribution in [-0.4, -0.2) is 29.6 Å². The number of hydrogen-bond acceptors (Lipinski definition) is 4. The molecule has 2 aromatic carbocycles. The molecule has 28 heavy (non-hydrogen) atoms. The maximum atomic E-state index is 13.4. The molecule has 1 aliphatic carbocycles. The van der Waals surface area contributed by atoms with E-state index in [1.54, 1.807) is 11.3 Å². The van der Waals surface area contributed by atoms with Crippen molar-refractivity contribution in [3.63, 3.8) is 0 Å². The van der Waals surface area contributed by atoms with Crippen molar-refractivity contribution >= 4 is 21.6 Å². The van der Waals surface area contributed by atoms with Crippen molar-refractivity contribution in [2.24, 2.45) is 11.3 Å². The number of nitrogens with zero attached hydrogens (tertiary/aromatic N) is 2. The fourth-order valence-electron chi connectivity index (χ4n) is 4.71. The third-order valence-corrected chi connectivity index (χ3v) is 7.19. The molecule has 1 aromatic heterocycles. The monoisotopic (exact) mass is 400 g/mol. The number of thiazole rings is 1. The predicted octanol–water partition coefficient (Wildman–Crippen LogP) is 5.26. The van der Waals surface area contributed by atoms with Crippen molar-refractivity contribution in [1.82, 2.24) is 9.88 Å². The highest BCUT2D eigenvalue weighted by molar-refractivity contribution is 7.16. The number of likely N-dealkylation sites (tertiary alicyclic amines) is 1. The van der Waals surface area contributed by atoms with Crippen LogP contribution in [0, 0.1) is 23.0 Å². The van der Waals surface area contributed by atoms with Gasteiger partial charge in [-0.3, -0.25) is 4.90 Å². The third kappa shape index (κ3) is 3.29. The number of rotatable bonds is 5. The Morgan fingerprint density at radius 1 is 1.14 bits per heavy atom. The van der Waals surface area contributed by atoms with E-state index in [2.05, 4.69) is 28.1 Å². The third-order valence-electron chi connectivity index (χ3n) is 6.38. The Kier molecular flexibility index (Phi) is 4.56. The molecule has 5 rings (SSSR count). The van der Waals surface area contributed by atoms with Gasteiger partial charge in [-0.15, -0.1) is 11.3 Å². The molecule has 2 fully saturated rings. The highest BCUT2D eigenvalue weighted by Crippen LogP contribution is 2.52. The summed E-state index contributed by atoms with van der Waals surface area (Å²) in [7, 11) is 0. The summed E-state index contributed by atoms with van der Waals surface area (Å²) < 4.78 is 33.6.